The van der Waals surface area contributed by atoms with Crippen molar-refractivity contribution in [1.29, 1.82) is 0 Å². The number of nitrogens with zero attached hydrogens (tertiary/aromatic N) is 1. The van der Waals surface area contributed by atoms with Gasteiger partial charge in [0.15, 0.2) is 0 Å². The van der Waals surface area contributed by atoms with Gasteiger partial charge in [-0.1, -0.05) is 30.3 Å². The first kappa shape index (κ1) is 13.5. The first-order valence-electron chi connectivity index (χ1n) is 6.86. The molecule has 0 bridgehead atoms. The van der Waals surface area contributed by atoms with Gasteiger partial charge in [0.2, 0.25) is 0 Å². The van der Waals surface area contributed by atoms with Crippen molar-refractivity contribution in [2.24, 2.45) is 0 Å². The minimum Gasteiger partial charge on any atom is -0.396 e. The van der Waals surface area contributed by atoms with E-state index in [9.17, 15) is 0 Å². The van der Waals surface area contributed by atoms with Gasteiger partial charge in [-0.15, -0.1) is 0 Å². The van der Waals surface area contributed by atoms with Crippen LogP contribution in [-0.4, -0.2) is 49.0 Å². The molecule has 1 heterocycles. The molecule has 0 radical (unpaired) electrons. The molecule has 1 aliphatic rings. The first-order valence-corrected chi connectivity index (χ1v) is 6.86. The molecule has 1 fully saturated rings. The summed E-state index contributed by atoms with van der Waals surface area (Å²) in [6.07, 6.45) is 3.02. The SMILES string of the molecule is OCCCCN1CCOCC1Cc1ccccc1. The maximum Gasteiger partial charge on any atom is 0.0625 e. The van der Waals surface area contributed by atoms with E-state index in [4.69, 9.17) is 9.84 Å². The maximum atomic E-state index is 8.85. The van der Waals surface area contributed by atoms with Gasteiger partial charge in [-0.3, -0.25) is 4.90 Å². The Kier molecular flexibility index (Phi) is 5.65. The number of hydrogen-bond donors (Lipinski definition) is 1. The van der Waals surface area contributed by atoms with Crippen LogP contribution < -0.4 is 0 Å². The molecule has 0 aliphatic carbocycles. The molecule has 18 heavy (non-hydrogen) atoms. The Morgan fingerprint density at radius 2 is 2.06 bits per heavy atom. The third-order valence-electron chi connectivity index (χ3n) is 3.52. The lowest BCUT2D eigenvalue weighted by Gasteiger charge is -2.35. The van der Waals surface area contributed by atoms with E-state index >= 15 is 0 Å². The van der Waals surface area contributed by atoms with E-state index < -0.39 is 0 Å². The molecule has 2 rings (SSSR count). The van der Waals surface area contributed by atoms with Crippen LogP contribution in [0.4, 0.5) is 0 Å². The van der Waals surface area contributed by atoms with Gasteiger partial charge in [0.25, 0.3) is 0 Å². The summed E-state index contributed by atoms with van der Waals surface area (Å²) in [7, 11) is 0. The van der Waals surface area contributed by atoms with Crippen molar-refractivity contribution >= 4 is 0 Å². The highest BCUT2D eigenvalue weighted by atomic mass is 16.5. The van der Waals surface area contributed by atoms with Crippen molar-refractivity contribution in [1.82, 2.24) is 4.90 Å². The molecule has 0 aromatic heterocycles. The number of morpholine rings is 1. The van der Waals surface area contributed by atoms with E-state index in [1.165, 1.54) is 5.56 Å². The Hall–Kier alpha value is -0.900. The van der Waals surface area contributed by atoms with Crippen molar-refractivity contribution in [3.05, 3.63) is 35.9 Å². The molecule has 1 saturated heterocycles. The molecule has 1 atom stereocenters. The van der Waals surface area contributed by atoms with Gasteiger partial charge in [0.1, 0.15) is 0 Å². The molecule has 0 saturated carbocycles. The Morgan fingerprint density at radius 3 is 2.83 bits per heavy atom. The normalized spacial score (nSPS) is 21.1. The highest BCUT2D eigenvalue weighted by molar-refractivity contribution is 5.16. The predicted molar refractivity (Wildman–Crippen MR) is 72.6 cm³/mol. The second-order valence-electron chi connectivity index (χ2n) is 4.89. The summed E-state index contributed by atoms with van der Waals surface area (Å²) in [5.74, 6) is 0. The van der Waals surface area contributed by atoms with E-state index in [1.54, 1.807) is 0 Å². The van der Waals surface area contributed by atoms with Crippen LogP contribution in [0.15, 0.2) is 30.3 Å². The van der Waals surface area contributed by atoms with E-state index in [0.29, 0.717) is 12.6 Å². The molecule has 1 aliphatic heterocycles. The van der Waals surface area contributed by atoms with Gasteiger partial charge in [0.05, 0.1) is 13.2 Å². The van der Waals surface area contributed by atoms with E-state index in [-0.39, 0.29) is 0 Å². The minimum absolute atomic E-state index is 0.299. The number of benzene rings is 1. The molecule has 1 N–H and O–H groups in total. The molecule has 0 amide bonds. The number of rotatable bonds is 6. The summed E-state index contributed by atoms with van der Waals surface area (Å²) in [4.78, 5) is 2.51. The molecule has 3 nitrogen and oxygen atoms in total. The average molecular weight is 249 g/mol. The Labute approximate surface area is 109 Å². The summed E-state index contributed by atoms with van der Waals surface area (Å²) in [6, 6.07) is 11.1. The van der Waals surface area contributed by atoms with E-state index in [1.807, 2.05) is 0 Å². The fourth-order valence-electron chi connectivity index (χ4n) is 2.48. The first-order chi connectivity index (χ1) is 8.90. The predicted octanol–water partition coefficient (Wildman–Crippen LogP) is 1.70. The second kappa shape index (κ2) is 7.52. The van der Waals surface area contributed by atoms with Crippen molar-refractivity contribution in [2.75, 3.05) is 32.9 Å². The molecule has 1 unspecified atom stereocenters. The van der Waals surface area contributed by atoms with Crippen molar-refractivity contribution in [3.63, 3.8) is 0 Å². The highest BCUT2D eigenvalue weighted by Gasteiger charge is 2.22. The van der Waals surface area contributed by atoms with Gasteiger partial charge >= 0.3 is 0 Å². The number of unbranched alkanes of at least 4 members (excludes halogenated alkanes) is 1. The summed E-state index contributed by atoms with van der Waals surface area (Å²) in [5, 5.41) is 8.85. The van der Waals surface area contributed by atoms with Crippen LogP contribution in [-0.2, 0) is 11.2 Å². The zero-order valence-corrected chi connectivity index (χ0v) is 10.9. The molecule has 1 aromatic rings. The van der Waals surface area contributed by atoms with Gasteiger partial charge in [0, 0.05) is 19.2 Å². The van der Waals surface area contributed by atoms with Crippen LogP contribution in [0.3, 0.4) is 0 Å². The topological polar surface area (TPSA) is 32.7 Å². The zero-order chi connectivity index (χ0) is 12.6. The fraction of sp³-hybridized carbons (Fsp3) is 0.600. The monoisotopic (exact) mass is 249 g/mol. The zero-order valence-electron chi connectivity index (χ0n) is 10.9. The third-order valence-corrected chi connectivity index (χ3v) is 3.52. The van der Waals surface area contributed by atoms with Crippen molar-refractivity contribution in [3.8, 4) is 0 Å². The van der Waals surface area contributed by atoms with Gasteiger partial charge in [-0.25, -0.2) is 0 Å². The second-order valence-corrected chi connectivity index (χ2v) is 4.89. The van der Waals surface area contributed by atoms with Crippen LogP contribution in [0.1, 0.15) is 18.4 Å². The number of hydrogen-bond acceptors (Lipinski definition) is 3. The Morgan fingerprint density at radius 1 is 1.22 bits per heavy atom. The van der Waals surface area contributed by atoms with Crippen LogP contribution in [0, 0.1) is 0 Å². The smallest absolute Gasteiger partial charge is 0.0625 e. The third kappa shape index (κ3) is 4.09. The number of aliphatic hydroxyl groups excluding tert-OH is 1. The summed E-state index contributed by atoms with van der Waals surface area (Å²) in [5.41, 5.74) is 1.38. The van der Waals surface area contributed by atoms with Gasteiger partial charge in [-0.05, 0) is 31.4 Å². The van der Waals surface area contributed by atoms with Crippen LogP contribution in [0.2, 0.25) is 0 Å². The quantitative estimate of drug-likeness (QED) is 0.779. The largest absolute Gasteiger partial charge is 0.396 e. The summed E-state index contributed by atoms with van der Waals surface area (Å²) < 4.78 is 5.60. The van der Waals surface area contributed by atoms with Gasteiger partial charge < -0.3 is 9.84 Å². The fourth-order valence-corrected chi connectivity index (χ4v) is 2.48. The number of aliphatic hydroxyl groups is 1. The number of ether oxygens (including phenoxy) is 1. The van der Waals surface area contributed by atoms with Crippen LogP contribution in [0.5, 0.6) is 0 Å². The lowest BCUT2D eigenvalue weighted by atomic mass is 10.0. The lowest BCUT2D eigenvalue weighted by Crippen LogP contribution is -2.47. The van der Waals surface area contributed by atoms with E-state index in [2.05, 4.69) is 35.2 Å². The minimum atomic E-state index is 0.299. The Bertz CT molecular complexity index is 329. The molecule has 1 aromatic carbocycles. The summed E-state index contributed by atoms with van der Waals surface area (Å²) >= 11 is 0. The van der Waals surface area contributed by atoms with E-state index in [0.717, 1.165) is 45.6 Å². The summed E-state index contributed by atoms with van der Waals surface area (Å²) in [6.45, 7) is 4.05. The van der Waals surface area contributed by atoms with Crippen molar-refractivity contribution in [2.45, 2.75) is 25.3 Å². The highest BCUT2D eigenvalue weighted by Crippen LogP contribution is 2.14. The lowest BCUT2D eigenvalue weighted by molar-refractivity contribution is -0.00806. The molecular weight excluding hydrogens is 226 g/mol. The van der Waals surface area contributed by atoms with Gasteiger partial charge in [-0.2, -0.15) is 0 Å². The maximum absolute atomic E-state index is 8.85. The standard InChI is InChI=1S/C15H23NO2/c17-10-5-4-8-16-9-11-18-13-15(16)12-14-6-2-1-3-7-14/h1-3,6-7,15,17H,4-5,8-13H2. The molecular formula is C15H23NO2. The van der Waals surface area contributed by atoms with Crippen LogP contribution in [0.25, 0.3) is 0 Å². The van der Waals surface area contributed by atoms with Crippen LogP contribution >= 0.6 is 0 Å². The Balaban J connectivity index is 1.87. The molecule has 100 valence electrons. The average Bonchev–Trinajstić information content (AvgIpc) is 2.42. The van der Waals surface area contributed by atoms with Crippen molar-refractivity contribution < 1.29 is 9.84 Å². The molecule has 3 heteroatoms. The molecule has 0 spiro atoms.